The van der Waals surface area contributed by atoms with Gasteiger partial charge in [0.15, 0.2) is 0 Å². The summed E-state index contributed by atoms with van der Waals surface area (Å²) in [5, 5.41) is 0. The van der Waals surface area contributed by atoms with E-state index in [4.69, 9.17) is 5.73 Å². The molecule has 0 fully saturated rings. The van der Waals surface area contributed by atoms with Gasteiger partial charge >= 0.3 is 0 Å². The van der Waals surface area contributed by atoms with Crippen molar-refractivity contribution in [1.82, 2.24) is 0 Å². The van der Waals surface area contributed by atoms with Gasteiger partial charge in [-0.2, -0.15) is 0 Å². The number of rotatable bonds is 6. The SMILES string of the molecule is CSc1c(SC)c(SC)c(C(N)=O)c(SC)c1SC. The van der Waals surface area contributed by atoms with Crippen molar-refractivity contribution in [2.24, 2.45) is 5.73 Å². The lowest BCUT2D eigenvalue weighted by Gasteiger charge is -2.20. The van der Waals surface area contributed by atoms with Crippen LogP contribution in [0.5, 0.6) is 0 Å². The molecule has 0 unspecified atom stereocenters. The monoisotopic (exact) mass is 351 g/mol. The van der Waals surface area contributed by atoms with E-state index in [-0.39, 0.29) is 5.91 Å². The van der Waals surface area contributed by atoms with Gasteiger partial charge in [0.1, 0.15) is 0 Å². The van der Waals surface area contributed by atoms with Gasteiger partial charge in [-0.25, -0.2) is 0 Å². The van der Waals surface area contributed by atoms with E-state index in [0.717, 1.165) is 19.6 Å². The maximum atomic E-state index is 11.9. The first-order valence-corrected chi connectivity index (χ1v) is 11.4. The summed E-state index contributed by atoms with van der Waals surface area (Å²) in [5.41, 5.74) is 6.29. The van der Waals surface area contributed by atoms with Gasteiger partial charge in [0.2, 0.25) is 0 Å². The molecule has 0 saturated heterocycles. The van der Waals surface area contributed by atoms with Crippen LogP contribution in [0.2, 0.25) is 0 Å². The van der Waals surface area contributed by atoms with Crippen LogP contribution in [-0.4, -0.2) is 37.2 Å². The summed E-state index contributed by atoms with van der Waals surface area (Å²) in [6.07, 6.45) is 10.2. The highest BCUT2D eigenvalue weighted by molar-refractivity contribution is 8.05. The number of hydrogen-bond acceptors (Lipinski definition) is 6. The van der Waals surface area contributed by atoms with E-state index >= 15 is 0 Å². The third-order valence-corrected chi connectivity index (χ3v) is 7.15. The van der Waals surface area contributed by atoms with E-state index in [9.17, 15) is 4.79 Å². The van der Waals surface area contributed by atoms with Gasteiger partial charge in [-0.15, -0.1) is 58.8 Å². The lowest BCUT2D eigenvalue weighted by Crippen LogP contribution is -2.15. The molecule has 0 heterocycles. The lowest BCUT2D eigenvalue weighted by molar-refractivity contribution is 0.0993. The van der Waals surface area contributed by atoms with E-state index in [1.165, 1.54) is 4.90 Å². The van der Waals surface area contributed by atoms with Crippen LogP contribution in [-0.2, 0) is 0 Å². The molecule has 106 valence electrons. The number of nitrogens with two attached hydrogens (primary N) is 1. The largest absolute Gasteiger partial charge is 0.366 e. The summed E-state index contributed by atoms with van der Waals surface area (Å²) in [7, 11) is 0. The lowest BCUT2D eigenvalue weighted by atomic mass is 10.2. The van der Waals surface area contributed by atoms with E-state index in [2.05, 4.69) is 6.26 Å². The second kappa shape index (κ2) is 8.02. The van der Waals surface area contributed by atoms with Crippen LogP contribution >= 0.6 is 58.8 Å². The van der Waals surface area contributed by atoms with Gasteiger partial charge in [-0.05, 0) is 31.3 Å². The Morgan fingerprint density at radius 1 is 0.684 bits per heavy atom. The number of carbonyl (C=O) groups excluding carboxylic acids is 1. The summed E-state index contributed by atoms with van der Waals surface area (Å²) < 4.78 is 0. The van der Waals surface area contributed by atoms with Gasteiger partial charge in [-0.3, -0.25) is 4.79 Å². The molecule has 2 nitrogen and oxygen atoms in total. The molecular weight excluding hydrogens is 334 g/mol. The van der Waals surface area contributed by atoms with Crippen LogP contribution in [0.4, 0.5) is 0 Å². The summed E-state index contributed by atoms with van der Waals surface area (Å²) >= 11 is 8.28. The quantitative estimate of drug-likeness (QED) is 0.767. The summed E-state index contributed by atoms with van der Waals surface area (Å²) in [5.74, 6) is -0.341. The van der Waals surface area contributed by atoms with Gasteiger partial charge < -0.3 is 5.73 Å². The van der Waals surface area contributed by atoms with Gasteiger partial charge in [0.25, 0.3) is 5.91 Å². The Kier molecular flexibility index (Phi) is 7.39. The zero-order valence-electron chi connectivity index (χ0n) is 11.5. The van der Waals surface area contributed by atoms with E-state index in [0.29, 0.717) is 5.56 Å². The summed E-state index contributed by atoms with van der Waals surface area (Å²) in [4.78, 5) is 17.5. The standard InChI is InChI=1S/C12H17NOS5/c1-15-7-6(12(13)14)8(16-2)10(18-4)11(19-5)9(7)17-3/h1-5H3,(H2,13,14). The minimum absolute atomic E-state index is 0.341. The molecule has 1 aromatic rings. The minimum Gasteiger partial charge on any atom is -0.366 e. The Morgan fingerprint density at radius 2 is 0.947 bits per heavy atom. The van der Waals surface area contributed by atoms with Crippen LogP contribution in [0.1, 0.15) is 10.4 Å². The van der Waals surface area contributed by atoms with Crippen LogP contribution in [0.3, 0.4) is 0 Å². The third-order valence-electron chi connectivity index (χ3n) is 2.55. The number of amides is 1. The molecule has 0 aromatic heterocycles. The molecule has 19 heavy (non-hydrogen) atoms. The first-order chi connectivity index (χ1) is 9.06. The first kappa shape index (κ1) is 17.5. The molecule has 0 atom stereocenters. The molecule has 1 aromatic carbocycles. The normalized spacial score (nSPS) is 10.8. The Morgan fingerprint density at radius 3 is 1.16 bits per heavy atom. The maximum Gasteiger partial charge on any atom is 0.251 e. The zero-order chi connectivity index (χ0) is 14.6. The zero-order valence-corrected chi connectivity index (χ0v) is 15.6. The van der Waals surface area contributed by atoms with Crippen molar-refractivity contribution in [3.63, 3.8) is 0 Å². The van der Waals surface area contributed by atoms with Crippen molar-refractivity contribution >= 4 is 64.7 Å². The fourth-order valence-corrected chi connectivity index (χ4v) is 7.18. The summed E-state index contributed by atoms with van der Waals surface area (Å²) in [6, 6.07) is 0. The van der Waals surface area contributed by atoms with Crippen molar-refractivity contribution in [2.45, 2.75) is 24.5 Å². The predicted octanol–water partition coefficient (Wildman–Crippen LogP) is 4.40. The molecule has 0 saturated carbocycles. The fraction of sp³-hybridized carbons (Fsp3) is 0.417. The van der Waals surface area contributed by atoms with Gasteiger partial charge in [0, 0.05) is 24.5 Å². The Hall–Kier alpha value is 0.440. The smallest absolute Gasteiger partial charge is 0.251 e. The molecule has 1 amide bonds. The van der Waals surface area contributed by atoms with Crippen molar-refractivity contribution < 1.29 is 4.79 Å². The predicted molar refractivity (Wildman–Crippen MR) is 93.9 cm³/mol. The molecule has 0 spiro atoms. The third kappa shape index (κ3) is 3.37. The van der Waals surface area contributed by atoms with E-state index in [1.54, 1.807) is 58.8 Å². The van der Waals surface area contributed by atoms with E-state index < -0.39 is 0 Å². The molecule has 1 rings (SSSR count). The molecule has 7 heteroatoms. The second-order valence-corrected chi connectivity index (χ2v) is 7.49. The van der Waals surface area contributed by atoms with Crippen molar-refractivity contribution in [1.29, 1.82) is 0 Å². The number of hydrogen-bond donors (Lipinski definition) is 1. The van der Waals surface area contributed by atoms with Gasteiger partial charge in [-0.1, -0.05) is 0 Å². The fourth-order valence-electron chi connectivity index (χ4n) is 1.81. The highest BCUT2D eigenvalue weighted by Crippen LogP contribution is 2.48. The second-order valence-electron chi connectivity index (χ2n) is 3.41. The summed E-state index contributed by atoms with van der Waals surface area (Å²) in [6.45, 7) is 0. The first-order valence-electron chi connectivity index (χ1n) is 5.30. The van der Waals surface area contributed by atoms with Crippen LogP contribution in [0.15, 0.2) is 24.5 Å². The maximum absolute atomic E-state index is 11.9. The average Bonchev–Trinajstić information content (AvgIpc) is 2.43. The molecule has 2 N–H and O–H groups in total. The Bertz CT molecular complexity index is 456. The van der Waals surface area contributed by atoms with E-state index in [1.807, 2.05) is 25.0 Å². The molecular formula is C12H17NOS5. The molecule has 0 aliphatic carbocycles. The average molecular weight is 352 g/mol. The highest BCUT2D eigenvalue weighted by atomic mass is 32.2. The van der Waals surface area contributed by atoms with Crippen molar-refractivity contribution in [2.75, 3.05) is 31.3 Å². The number of carbonyl (C=O) groups is 1. The molecule has 0 aliphatic heterocycles. The number of thioether (sulfide) groups is 5. The van der Waals surface area contributed by atoms with Crippen molar-refractivity contribution in [3.05, 3.63) is 5.56 Å². The van der Waals surface area contributed by atoms with Gasteiger partial charge in [0.05, 0.1) is 5.56 Å². The topological polar surface area (TPSA) is 43.1 Å². The van der Waals surface area contributed by atoms with Crippen molar-refractivity contribution in [3.8, 4) is 0 Å². The molecule has 0 aliphatic rings. The Balaban J connectivity index is 3.85. The van der Waals surface area contributed by atoms with Crippen LogP contribution in [0, 0.1) is 0 Å². The number of benzene rings is 1. The van der Waals surface area contributed by atoms with Crippen LogP contribution < -0.4 is 5.73 Å². The molecule has 0 bridgehead atoms. The Labute approximate surface area is 136 Å². The number of primary amides is 1. The minimum atomic E-state index is -0.341. The van der Waals surface area contributed by atoms with Crippen LogP contribution in [0.25, 0.3) is 0 Å². The highest BCUT2D eigenvalue weighted by Gasteiger charge is 2.24. The molecule has 0 radical (unpaired) electrons.